The number of hydrogen-bond acceptors (Lipinski definition) is 3. The quantitative estimate of drug-likeness (QED) is 0.899. The molecular weight excluding hydrogens is 238 g/mol. The second-order valence-corrected chi connectivity index (χ2v) is 6.68. The van der Waals surface area contributed by atoms with Gasteiger partial charge in [0, 0.05) is 7.05 Å². The predicted octanol–water partition coefficient (Wildman–Crippen LogP) is 2.10. The molecule has 1 aromatic carbocycles. The molecule has 1 aliphatic rings. The van der Waals surface area contributed by atoms with Gasteiger partial charge in [-0.3, -0.25) is 4.31 Å². The van der Waals surface area contributed by atoms with E-state index in [9.17, 15) is 13.5 Å². The van der Waals surface area contributed by atoms with Crippen LogP contribution in [0.25, 0.3) is 0 Å². The number of aromatic hydroxyl groups is 1. The highest BCUT2D eigenvalue weighted by atomic mass is 32.2. The Morgan fingerprint density at radius 2 is 1.71 bits per heavy atom. The van der Waals surface area contributed by atoms with E-state index in [-0.39, 0.29) is 11.0 Å². The molecule has 0 atom stereocenters. The maximum Gasteiger partial charge on any atom is 0.237 e. The van der Waals surface area contributed by atoms with Gasteiger partial charge in [-0.25, -0.2) is 8.42 Å². The molecule has 1 fully saturated rings. The molecule has 0 amide bonds. The van der Waals surface area contributed by atoms with Crippen LogP contribution < -0.4 is 4.31 Å². The van der Waals surface area contributed by atoms with Crippen molar-refractivity contribution in [2.24, 2.45) is 0 Å². The highest BCUT2D eigenvalue weighted by molar-refractivity contribution is 7.93. The highest BCUT2D eigenvalue weighted by Gasteiger charge is 2.32. The summed E-state index contributed by atoms with van der Waals surface area (Å²) in [5.74, 6) is 0.139. The van der Waals surface area contributed by atoms with Gasteiger partial charge in [-0.05, 0) is 37.1 Å². The summed E-state index contributed by atoms with van der Waals surface area (Å²) < 4.78 is 25.9. The first-order valence-electron chi connectivity index (χ1n) is 5.78. The number of rotatable bonds is 3. The molecule has 0 radical (unpaired) electrons. The molecular formula is C12H17NO3S. The van der Waals surface area contributed by atoms with E-state index in [0.29, 0.717) is 5.69 Å². The first kappa shape index (κ1) is 12.2. The Bertz CT molecular complexity index is 475. The molecule has 2 rings (SSSR count). The fourth-order valence-electron chi connectivity index (χ4n) is 2.22. The van der Waals surface area contributed by atoms with Crippen LogP contribution in [0.3, 0.4) is 0 Å². The summed E-state index contributed by atoms with van der Waals surface area (Å²) >= 11 is 0. The minimum Gasteiger partial charge on any atom is -0.508 e. The van der Waals surface area contributed by atoms with E-state index < -0.39 is 10.0 Å². The van der Waals surface area contributed by atoms with E-state index in [2.05, 4.69) is 0 Å². The van der Waals surface area contributed by atoms with E-state index in [0.717, 1.165) is 25.7 Å². The number of hydrogen-bond donors (Lipinski definition) is 1. The van der Waals surface area contributed by atoms with E-state index >= 15 is 0 Å². The molecule has 17 heavy (non-hydrogen) atoms. The average Bonchev–Trinajstić information content (AvgIpc) is 2.83. The molecule has 0 bridgehead atoms. The Labute approximate surface area is 102 Å². The van der Waals surface area contributed by atoms with Crippen LogP contribution in [0, 0.1) is 0 Å². The van der Waals surface area contributed by atoms with Gasteiger partial charge >= 0.3 is 0 Å². The van der Waals surface area contributed by atoms with Gasteiger partial charge in [-0.15, -0.1) is 0 Å². The second kappa shape index (κ2) is 4.56. The lowest BCUT2D eigenvalue weighted by atomic mass is 10.3. The van der Waals surface area contributed by atoms with Crippen LogP contribution in [0.4, 0.5) is 5.69 Å². The molecule has 94 valence electrons. The van der Waals surface area contributed by atoms with Crippen molar-refractivity contribution in [1.29, 1.82) is 0 Å². The molecule has 1 aliphatic carbocycles. The van der Waals surface area contributed by atoms with Gasteiger partial charge in [0.1, 0.15) is 5.75 Å². The second-order valence-electron chi connectivity index (χ2n) is 4.44. The molecule has 0 saturated heterocycles. The van der Waals surface area contributed by atoms with Crippen LogP contribution in [0.2, 0.25) is 0 Å². The fraction of sp³-hybridized carbons (Fsp3) is 0.500. The number of benzene rings is 1. The molecule has 0 aliphatic heterocycles. The largest absolute Gasteiger partial charge is 0.508 e. The Balaban J connectivity index is 2.24. The summed E-state index contributed by atoms with van der Waals surface area (Å²) in [5, 5.41) is 8.94. The van der Waals surface area contributed by atoms with Crippen molar-refractivity contribution in [2.45, 2.75) is 30.9 Å². The fourth-order valence-corrected chi connectivity index (χ4v) is 4.01. The van der Waals surface area contributed by atoms with Gasteiger partial charge < -0.3 is 5.11 Å². The van der Waals surface area contributed by atoms with Crippen LogP contribution in [0.1, 0.15) is 25.7 Å². The SMILES string of the molecule is CN(c1ccc(O)cc1)S(=O)(=O)C1CCCC1. The third-order valence-corrected chi connectivity index (χ3v) is 5.61. The van der Waals surface area contributed by atoms with Gasteiger partial charge in [-0.1, -0.05) is 12.8 Å². The van der Waals surface area contributed by atoms with Crippen molar-refractivity contribution in [3.63, 3.8) is 0 Å². The lowest BCUT2D eigenvalue weighted by Gasteiger charge is -2.23. The number of phenols is 1. The summed E-state index contributed by atoms with van der Waals surface area (Å²) in [6.07, 6.45) is 3.50. The highest BCUT2D eigenvalue weighted by Crippen LogP contribution is 2.29. The zero-order valence-corrected chi connectivity index (χ0v) is 10.7. The maximum absolute atomic E-state index is 12.3. The summed E-state index contributed by atoms with van der Waals surface area (Å²) in [6, 6.07) is 6.22. The molecule has 0 spiro atoms. The Kier molecular flexibility index (Phi) is 3.28. The van der Waals surface area contributed by atoms with Crippen molar-refractivity contribution >= 4 is 15.7 Å². The van der Waals surface area contributed by atoms with Gasteiger partial charge in [-0.2, -0.15) is 0 Å². The number of nitrogens with zero attached hydrogens (tertiary/aromatic N) is 1. The van der Waals surface area contributed by atoms with Gasteiger partial charge in [0.2, 0.25) is 10.0 Å². The normalized spacial score (nSPS) is 17.2. The molecule has 0 aromatic heterocycles. The number of anilines is 1. The molecule has 5 heteroatoms. The zero-order chi connectivity index (χ0) is 12.5. The van der Waals surface area contributed by atoms with Gasteiger partial charge in [0.15, 0.2) is 0 Å². The van der Waals surface area contributed by atoms with Crippen molar-refractivity contribution in [1.82, 2.24) is 0 Å². The van der Waals surface area contributed by atoms with E-state index in [4.69, 9.17) is 0 Å². The van der Waals surface area contributed by atoms with E-state index in [1.165, 1.54) is 16.4 Å². The standard InChI is InChI=1S/C12H17NO3S/c1-13(10-6-8-11(14)9-7-10)17(15,16)12-4-2-3-5-12/h6-9,12,14H,2-5H2,1H3. The van der Waals surface area contributed by atoms with Crippen molar-refractivity contribution in [2.75, 3.05) is 11.4 Å². The summed E-state index contributed by atoms with van der Waals surface area (Å²) in [6.45, 7) is 0. The number of sulfonamides is 1. The minimum atomic E-state index is -3.25. The van der Waals surface area contributed by atoms with Gasteiger partial charge in [0.05, 0.1) is 10.9 Å². The average molecular weight is 255 g/mol. The predicted molar refractivity (Wildman–Crippen MR) is 67.7 cm³/mol. The smallest absolute Gasteiger partial charge is 0.237 e. The van der Waals surface area contributed by atoms with Crippen molar-refractivity contribution < 1.29 is 13.5 Å². The Morgan fingerprint density at radius 1 is 1.18 bits per heavy atom. The molecule has 0 heterocycles. The van der Waals surface area contributed by atoms with Crippen LogP contribution >= 0.6 is 0 Å². The third kappa shape index (κ3) is 2.39. The van der Waals surface area contributed by atoms with Crippen molar-refractivity contribution in [3.8, 4) is 5.75 Å². The maximum atomic E-state index is 12.3. The molecule has 0 unspecified atom stereocenters. The minimum absolute atomic E-state index is 0.139. The lowest BCUT2D eigenvalue weighted by molar-refractivity contribution is 0.475. The Hall–Kier alpha value is -1.23. The van der Waals surface area contributed by atoms with Crippen LogP contribution in [-0.4, -0.2) is 25.8 Å². The van der Waals surface area contributed by atoms with E-state index in [1.807, 2.05) is 0 Å². The molecule has 1 saturated carbocycles. The van der Waals surface area contributed by atoms with Crippen LogP contribution in [0.15, 0.2) is 24.3 Å². The Morgan fingerprint density at radius 3 is 2.24 bits per heavy atom. The van der Waals surface area contributed by atoms with E-state index in [1.54, 1.807) is 19.2 Å². The third-order valence-electron chi connectivity index (χ3n) is 3.32. The first-order chi connectivity index (χ1) is 8.01. The summed E-state index contributed by atoms with van der Waals surface area (Å²) in [5.41, 5.74) is 0.592. The molecule has 1 N–H and O–H groups in total. The molecule has 4 nitrogen and oxygen atoms in total. The van der Waals surface area contributed by atoms with Crippen LogP contribution in [-0.2, 0) is 10.0 Å². The monoisotopic (exact) mass is 255 g/mol. The summed E-state index contributed by atoms with van der Waals surface area (Å²) in [4.78, 5) is 0. The molecule has 1 aromatic rings. The number of phenolic OH excluding ortho intramolecular Hbond substituents is 1. The lowest BCUT2D eigenvalue weighted by Crippen LogP contribution is -2.34. The summed E-state index contributed by atoms with van der Waals surface area (Å²) in [7, 11) is -1.68. The first-order valence-corrected chi connectivity index (χ1v) is 7.29. The zero-order valence-electron chi connectivity index (χ0n) is 9.83. The van der Waals surface area contributed by atoms with Crippen LogP contribution in [0.5, 0.6) is 5.75 Å². The van der Waals surface area contributed by atoms with Crippen molar-refractivity contribution in [3.05, 3.63) is 24.3 Å². The van der Waals surface area contributed by atoms with Gasteiger partial charge in [0.25, 0.3) is 0 Å². The topological polar surface area (TPSA) is 57.6 Å².